The second-order valence-electron chi connectivity index (χ2n) is 10.0. The van der Waals surface area contributed by atoms with E-state index in [1.54, 1.807) is 0 Å². The average molecular weight is 541 g/mol. The molecule has 0 aliphatic carbocycles. The fourth-order valence-corrected chi connectivity index (χ4v) is 4.93. The Labute approximate surface area is 219 Å². The molecule has 1 aromatic rings. The zero-order valence-corrected chi connectivity index (χ0v) is 23.0. The summed E-state index contributed by atoms with van der Waals surface area (Å²) in [6.45, 7) is 9.23. The summed E-state index contributed by atoms with van der Waals surface area (Å²) in [6, 6.07) is 1.85. The lowest BCUT2D eigenvalue weighted by atomic mass is 9.87. The summed E-state index contributed by atoms with van der Waals surface area (Å²) in [5.41, 5.74) is -2.43. The summed E-state index contributed by atoms with van der Waals surface area (Å²) >= 11 is 0. The van der Waals surface area contributed by atoms with Crippen LogP contribution in [-0.4, -0.2) is 19.0 Å². The van der Waals surface area contributed by atoms with Crippen molar-refractivity contribution in [1.82, 2.24) is 0 Å². The van der Waals surface area contributed by atoms with Crippen molar-refractivity contribution < 1.29 is 35.8 Å². The first-order valence-corrected chi connectivity index (χ1v) is 13.9. The Balaban J connectivity index is 2.65. The van der Waals surface area contributed by atoms with Crippen molar-refractivity contribution in [3.05, 3.63) is 34.9 Å². The lowest BCUT2D eigenvalue weighted by Gasteiger charge is -2.37. The molecule has 216 valence electrons. The van der Waals surface area contributed by atoms with Gasteiger partial charge in [0, 0.05) is 19.1 Å². The van der Waals surface area contributed by atoms with Gasteiger partial charge in [-0.2, -0.15) is 26.3 Å². The highest BCUT2D eigenvalue weighted by molar-refractivity contribution is 5.33. The molecule has 0 aromatic heterocycles. The number of benzene rings is 1. The summed E-state index contributed by atoms with van der Waals surface area (Å²) in [7, 11) is 0. The number of halogens is 6. The molecule has 37 heavy (non-hydrogen) atoms. The average Bonchev–Trinajstić information content (AvgIpc) is 2.81. The van der Waals surface area contributed by atoms with E-state index in [-0.39, 0.29) is 24.0 Å². The standard InChI is InChI=1S/C29H46F6O2/c1-5-8-9-10-11-15-18-24(27(4,36-6-2)37-7-3)19-16-13-12-14-17-23-20-25(28(30,31)32)22-26(21-23)29(33,34)35/h20-22,24H,5-19H2,1-4H3. The van der Waals surface area contributed by atoms with E-state index < -0.39 is 29.3 Å². The van der Waals surface area contributed by atoms with Crippen molar-refractivity contribution in [3.8, 4) is 0 Å². The lowest BCUT2D eigenvalue weighted by molar-refractivity contribution is -0.254. The first kappa shape index (κ1) is 33.7. The molecule has 0 aliphatic rings. The maximum Gasteiger partial charge on any atom is 0.416 e. The van der Waals surface area contributed by atoms with Crippen molar-refractivity contribution in [2.45, 2.75) is 129 Å². The van der Waals surface area contributed by atoms with Crippen LogP contribution in [0.3, 0.4) is 0 Å². The number of hydrogen-bond donors (Lipinski definition) is 0. The highest BCUT2D eigenvalue weighted by atomic mass is 19.4. The zero-order valence-electron chi connectivity index (χ0n) is 23.0. The number of ether oxygens (including phenoxy) is 2. The molecule has 0 saturated carbocycles. The van der Waals surface area contributed by atoms with Crippen LogP contribution in [0.25, 0.3) is 0 Å². The molecule has 0 fully saturated rings. The summed E-state index contributed by atoms with van der Waals surface area (Å²) in [6.07, 6.45) is 2.77. The van der Waals surface area contributed by atoms with E-state index in [1.165, 1.54) is 32.1 Å². The molecule has 0 heterocycles. The van der Waals surface area contributed by atoms with Gasteiger partial charge in [-0.25, -0.2) is 0 Å². The van der Waals surface area contributed by atoms with E-state index in [2.05, 4.69) is 6.92 Å². The highest BCUT2D eigenvalue weighted by Gasteiger charge is 2.37. The van der Waals surface area contributed by atoms with Gasteiger partial charge in [0.05, 0.1) is 11.1 Å². The normalized spacial score (nSPS) is 13.8. The molecule has 0 spiro atoms. The third-order valence-corrected chi connectivity index (χ3v) is 6.93. The second kappa shape index (κ2) is 16.6. The Morgan fingerprint density at radius 1 is 0.622 bits per heavy atom. The van der Waals surface area contributed by atoms with Gasteiger partial charge in [0.1, 0.15) is 0 Å². The number of rotatable bonds is 19. The van der Waals surface area contributed by atoms with Crippen LogP contribution < -0.4 is 0 Å². The summed E-state index contributed by atoms with van der Waals surface area (Å²) in [4.78, 5) is 0. The molecule has 0 amide bonds. The Kier molecular flexibility index (Phi) is 15.2. The smallest absolute Gasteiger partial charge is 0.350 e. The minimum absolute atomic E-state index is 0.0726. The number of hydrogen-bond acceptors (Lipinski definition) is 2. The minimum atomic E-state index is -4.81. The molecular formula is C29H46F6O2. The quantitative estimate of drug-likeness (QED) is 0.0987. The molecule has 1 aromatic carbocycles. The molecule has 2 nitrogen and oxygen atoms in total. The van der Waals surface area contributed by atoms with Gasteiger partial charge in [-0.15, -0.1) is 0 Å². The summed E-state index contributed by atoms with van der Waals surface area (Å²) < 4.78 is 90.6. The monoisotopic (exact) mass is 540 g/mol. The fraction of sp³-hybridized carbons (Fsp3) is 0.793. The van der Waals surface area contributed by atoms with Crippen LogP contribution in [0.5, 0.6) is 0 Å². The molecule has 8 heteroatoms. The van der Waals surface area contributed by atoms with Crippen LogP contribution in [0.15, 0.2) is 18.2 Å². The van der Waals surface area contributed by atoms with Crippen molar-refractivity contribution in [3.63, 3.8) is 0 Å². The van der Waals surface area contributed by atoms with E-state index in [0.717, 1.165) is 50.7 Å². The topological polar surface area (TPSA) is 18.5 Å². The van der Waals surface area contributed by atoms with E-state index >= 15 is 0 Å². The van der Waals surface area contributed by atoms with Gasteiger partial charge < -0.3 is 9.47 Å². The van der Waals surface area contributed by atoms with E-state index in [9.17, 15) is 26.3 Å². The third-order valence-electron chi connectivity index (χ3n) is 6.93. The van der Waals surface area contributed by atoms with Crippen molar-refractivity contribution in [2.75, 3.05) is 13.2 Å². The SMILES string of the molecule is CCCCCCCCC(CCCCCCc1cc(C(F)(F)F)cc(C(F)(F)F)c1)C(C)(OCC)OCC. The number of aryl methyl sites for hydroxylation is 1. The highest BCUT2D eigenvalue weighted by Crippen LogP contribution is 2.37. The Morgan fingerprint density at radius 2 is 1.05 bits per heavy atom. The molecule has 1 unspecified atom stereocenters. The molecule has 1 rings (SSSR count). The van der Waals surface area contributed by atoms with Crippen molar-refractivity contribution in [2.24, 2.45) is 5.92 Å². The summed E-state index contributed by atoms with van der Waals surface area (Å²) in [5.74, 6) is -0.421. The van der Waals surface area contributed by atoms with Crippen LogP contribution >= 0.6 is 0 Å². The Morgan fingerprint density at radius 3 is 1.49 bits per heavy atom. The van der Waals surface area contributed by atoms with Crippen LogP contribution in [0, 0.1) is 5.92 Å². The predicted octanol–water partition coefficient (Wildman–Crippen LogP) is 10.4. The van der Waals surface area contributed by atoms with E-state index in [0.29, 0.717) is 19.6 Å². The fourth-order valence-electron chi connectivity index (χ4n) is 4.93. The molecule has 0 saturated heterocycles. The van der Waals surface area contributed by atoms with Crippen molar-refractivity contribution in [1.29, 1.82) is 0 Å². The predicted molar refractivity (Wildman–Crippen MR) is 136 cm³/mol. The maximum atomic E-state index is 13.1. The molecule has 0 radical (unpaired) electrons. The van der Waals surface area contributed by atoms with Gasteiger partial charge in [0.25, 0.3) is 0 Å². The zero-order chi connectivity index (χ0) is 28.0. The second-order valence-corrected chi connectivity index (χ2v) is 10.0. The largest absolute Gasteiger partial charge is 0.416 e. The van der Waals surface area contributed by atoms with E-state index in [1.807, 2.05) is 20.8 Å². The van der Waals surface area contributed by atoms with Gasteiger partial charge >= 0.3 is 12.4 Å². The van der Waals surface area contributed by atoms with Gasteiger partial charge in [0.15, 0.2) is 5.79 Å². The van der Waals surface area contributed by atoms with Gasteiger partial charge in [-0.1, -0.05) is 64.7 Å². The van der Waals surface area contributed by atoms with E-state index in [4.69, 9.17) is 9.47 Å². The maximum absolute atomic E-state index is 13.1. The summed E-state index contributed by atoms with van der Waals surface area (Å²) in [5, 5.41) is 0. The van der Waals surface area contributed by atoms with Crippen LogP contribution in [0.2, 0.25) is 0 Å². The van der Waals surface area contributed by atoms with Gasteiger partial charge in [-0.3, -0.25) is 0 Å². The molecule has 0 aliphatic heterocycles. The van der Waals surface area contributed by atoms with Gasteiger partial charge in [0.2, 0.25) is 0 Å². The van der Waals surface area contributed by atoms with Gasteiger partial charge in [-0.05, 0) is 70.2 Å². The molecular weight excluding hydrogens is 494 g/mol. The molecule has 0 N–H and O–H groups in total. The lowest BCUT2D eigenvalue weighted by Crippen LogP contribution is -2.41. The van der Waals surface area contributed by atoms with Crippen LogP contribution in [0.1, 0.15) is 121 Å². The Hall–Kier alpha value is -1.28. The Bertz CT molecular complexity index is 707. The van der Waals surface area contributed by atoms with Crippen LogP contribution in [0.4, 0.5) is 26.3 Å². The molecule has 1 atom stereocenters. The first-order valence-electron chi connectivity index (χ1n) is 13.9. The molecule has 0 bridgehead atoms. The first-order chi connectivity index (χ1) is 17.4. The number of unbranched alkanes of at least 4 members (excludes halogenated alkanes) is 8. The van der Waals surface area contributed by atoms with Crippen LogP contribution in [-0.2, 0) is 28.2 Å². The minimum Gasteiger partial charge on any atom is -0.350 e. The van der Waals surface area contributed by atoms with Crippen molar-refractivity contribution >= 4 is 0 Å². The number of alkyl halides is 6. The third kappa shape index (κ3) is 12.9.